The maximum Gasteiger partial charge on any atom is 0.143 e. The summed E-state index contributed by atoms with van der Waals surface area (Å²) in [5.74, 6) is 1.56. The molecule has 2 aromatic rings. The van der Waals surface area contributed by atoms with Crippen molar-refractivity contribution in [3.05, 3.63) is 42.3 Å². The lowest BCUT2D eigenvalue weighted by molar-refractivity contribution is 0.400. The van der Waals surface area contributed by atoms with Crippen molar-refractivity contribution in [1.29, 1.82) is 0 Å². The van der Waals surface area contributed by atoms with E-state index in [1.165, 1.54) is 5.56 Å². The summed E-state index contributed by atoms with van der Waals surface area (Å²) in [6.07, 6.45) is 6.56. The van der Waals surface area contributed by atoms with Crippen molar-refractivity contribution in [2.45, 2.75) is 46.3 Å². The fourth-order valence-corrected chi connectivity index (χ4v) is 2.56. The molecule has 1 unspecified atom stereocenters. The first kappa shape index (κ1) is 16.4. The van der Waals surface area contributed by atoms with E-state index in [4.69, 9.17) is 0 Å². The third kappa shape index (κ3) is 4.04. The molecule has 0 spiro atoms. The van der Waals surface area contributed by atoms with E-state index in [-0.39, 0.29) is 6.04 Å². The van der Waals surface area contributed by atoms with Gasteiger partial charge >= 0.3 is 0 Å². The van der Waals surface area contributed by atoms with Gasteiger partial charge in [-0.15, -0.1) is 6.58 Å². The van der Waals surface area contributed by atoms with Crippen LogP contribution in [0, 0.1) is 12.8 Å². The Labute approximate surface area is 132 Å². The minimum atomic E-state index is 0.189. The summed E-state index contributed by atoms with van der Waals surface area (Å²) in [6, 6.07) is 0.189. The van der Waals surface area contributed by atoms with Crippen molar-refractivity contribution in [1.82, 2.24) is 29.9 Å². The predicted molar refractivity (Wildman–Crippen MR) is 87.2 cm³/mol. The van der Waals surface area contributed by atoms with Gasteiger partial charge in [-0.05, 0) is 19.3 Å². The summed E-state index contributed by atoms with van der Waals surface area (Å²) in [4.78, 5) is 4.39. The third-order valence-electron chi connectivity index (χ3n) is 3.67. The van der Waals surface area contributed by atoms with Gasteiger partial charge in [0.15, 0.2) is 0 Å². The first-order chi connectivity index (χ1) is 10.5. The van der Waals surface area contributed by atoms with Gasteiger partial charge in [-0.2, -0.15) is 10.2 Å². The Hall–Kier alpha value is -1.95. The van der Waals surface area contributed by atoms with Crippen LogP contribution >= 0.6 is 0 Å². The standard InChI is InChI=1S/C16H26N6/c1-6-7-22-10-14(13(4)20-22)9-17-15(8-12(2)3)16-18-11-19-21(16)5/h6,10-12,15,17H,1,7-9H2,2-5H3. The van der Waals surface area contributed by atoms with Gasteiger partial charge in [-0.1, -0.05) is 19.9 Å². The minimum Gasteiger partial charge on any atom is -0.303 e. The molecule has 120 valence electrons. The summed E-state index contributed by atoms with van der Waals surface area (Å²) in [6.45, 7) is 11.7. The Morgan fingerprint density at radius 1 is 1.41 bits per heavy atom. The molecule has 0 saturated carbocycles. The second-order valence-corrected chi connectivity index (χ2v) is 6.06. The van der Waals surface area contributed by atoms with Crippen molar-refractivity contribution in [3.8, 4) is 0 Å². The normalized spacial score (nSPS) is 12.8. The van der Waals surface area contributed by atoms with E-state index in [2.05, 4.69) is 47.1 Å². The van der Waals surface area contributed by atoms with Gasteiger partial charge in [-0.3, -0.25) is 9.36 Å². The molecular formula is C16H26N6. The van der Waals surface area contributed by atoms with Gasteiger partial charge in [0.1, 0.15) is 12.2 Å². The van der Waals surface area contributed by atoms with Crippen molar-refractivity contribution >= 4 is 0 Å². The molecule has 0 radical (unpaired) electrons. The molecule has 0 bridgehead atoms. The lowest BCUT2D eigenvalue weighted by Gasteiger charge is -2.19. The predicted octanol–water partition coefficient (Wildman–Crippen LogP) is 2.38. The van der Waals surface area contributed by atoms with Crippen LogP contribution in [0.15, 0.2) is 25.2 Å². The fourth-order valence-electron chi connectivity index (χ4n) is 2.56. The highest BCUT2D eigenvalue weighted by atomic mass is 15.3. The van der Waals surface area contributed by atoms with Crippen LogP contribution in [0.1, 0.15) is 43.4 Å². The zero-order valence-corrected chi connectivity index (χ0v) is 14.0. The van der Waals surface area contributed by atoms with Crippen molar-refractivity contribution in [2.75, 3.05) is 0 Å². The highest BCUT2D eigenvalue weighted by molar-refractivity contribution is 5.15. The summed E-state index contributed by atoms with van der Waals surface area (Å²) in [5, 5.41) is 12.3. The number of aryl methyl sites for hydroxylation is 2. The molecule has 0 aliphatic heterocycles. The topological polar surface area (TPSA) is 60.6 Å². The number of hydrogen-bond donors (Lipinski definition) is 1. The van der Waals surface area contributed by atoms with Crippen molar-refractivity contribution in [3.63, 3.8) is 0 Å². The zero-order valence-electron chi connectivity index (χ0n) is 14.0. The quantitative estimate of drug-likeness (QED) is 0.761. The van der Waals surface area contributed by atoms with Crippen LogP contribution in [-0.2, 0) is 20.1 Å². The van der Waals surface area contributed by atoms with Gasteiger partial charge in [0, 0.05) is 25.4 Å². The number of aromatic nitrogens is 5. The summed E-state index contributed by atoms with van der Waals surface area (Å²) >= 11 is 0. The van der Waals surface area contributed by atoms with Crippen molar-refractivity contribution < 1.29 is 0 Å². The zero-order chi connectivity index (χ0) is 16.1. The van der Waals surface area contributed by atoms with Crippen LogP contribution in [0.5, 0.6) is 0 Å². The van der Waals surface area contributed by atoms with E-state index in [1.54, 1.807) is 6.33 Å². The van der Waals surface area contributed by atoms with E-state index in [9.17, 15) is 0 Å². The van der Waals surface area contributed by atoms with Gasteiger partial charge in [0.2, 0.25) is 0 Å². The molecule has 0 aromatic carbocycles. The van der Waals surface area contributed by atoms with Crippen LogP contribution in [0.2, 0.25) is 0 Å². The molecule has 0 saturated heterocycles. The second kappa shape index (κ2) is 7.35. The number of hydrogen-bond acceptors (Lipinski definition) is 4. The molecule has 2 heterocycles. The van der Waals surface area contributed by atoms with Crippen LogP contribution in [0.25, 0.3) is 0 Å². The van der Waals surface area contributed by atoms with E-state index in [0.29, 0.717) is 5.92 Å². The molecule has 2 rings (SSSR count). The Bertz CT molecular complexity index is 610. The molecule has 0 aliphatic rings. The number of rotatable bonds is 8. The van der Waals surface area contributed by atoms with E-state index in [0.717, 1.165) is 31.0 Å². The molecular weight excluding hydrogens is 276 g/mol. The van der Waals surface area contributed by atoms with Gasteiger partial charge in [0.05, 0.1) is 18.3 Å². The Morgan fingerprint density at radius 3 is 2.77 bits per heavy atom. The molecule has 6 heteroatoms. The molecule has 2 aromatic heterocycles. The first-order valence-corrected chi connectivity index (χ1v) is 7.72. The highest BCUT2D eigenvalue weighted by Crippen LogP contribution is 2.20. The first-order valence-electron chi connectivity index (χ1n) is 7.72. The van der Waals surface area contributed by atoms with E-state index < -0.39 is 0 Å². The molecule has 6 nitrogen and oxygen atoms in total. The van der Waals surface area contributed by atoms with Gasteiger partial charge < -0.3 is 5.32 Å². The largest absolute Gasteiger partial charge is 0.303 e. The summed E-state index contributed by atoms with van der Waals surface area (Å²) < 4.78 is 3.76. The van der Waals surface area contributed by atoms with Gasteiger partial charge in [-0.25, -0.2) is 4.98 Å². The average molecular weight is 302 g/mol. The third-order valence-corrected chi connectivity index (χ3v) is 3.67. The maximum absolute atomic E-state index is 4.49. The van der Waals surface area contributed by atoms with Crippen molar-refractivity contribution in [2.24, 2.45) is 13.0 Å². The van der Waals surface area contributed by atoms with Gasteiger partial charge in [0.25, 0.3) is 0 Å². The fraction of sp³-hybridized carbons (Fsp3) is 0.562. The number of nitrogens with zero attached hydrogens (tertiary/aromatic N) is 5. The average Bonchev–Trinajstić information content (AvgIpc) is 3.01. The van der Waals surface area contributed by atoms with Crippen LogP contribution in [0.3, 0.4) is 0 Å². The molecule has 22 heavy (non-hydrogen) atoms. The van der Waals surface area contributed by atoms with E-state index in [1.807, 2.05) is 29.4 Å². The molecule has 1 N–H and O–H groups in total. The highest BCUT2D eigenvalue weighted by Gasteiger charge is 2.18. The van der Waals surface area contributed by atoms with E-state index >= 15 is 0 Å². The number of nitrogens with one attached hydrogen (secondary N) is 1. The Kier molecular flexibility index (Phi) is 5.49. The van der Waals surface area contributed by atoms with Crippen LogP contribution in [0.4, 0.5) is 0 Å². The Morgan fingerprint density at radius 2 is 2.18 bits per heavy atom. The molecule has 0 fully saturated rings. The SMILES string of the molecule is C=CCn1cc(CNC(CC(C)C)c2ncnn2C)c(C)n1. The smallest absolute Gasteiger partial charge is 0.143 e. The van der Waals surface area contributed by atoms with Crippen LogP contribution in [-0.4, -0.2) is 24.5 Å². The minimum absolute atomic E-state index is 0.189. The lowest BCUT2D eigenvalue weighted by atomic mass is 10.0. The number of allylic oxidation sites excluding steroid dienone is 1. The lowest BCUT2D eigenvalue weighted by Crippen LogP contribution is -2.25. The summed E-state index contributed by atoms with van der Waals surface area (Å²) in [7, 11) is 1.94. The molecule has 0 aliphatic carbocycles. The molecule has 1 atom stereocenters. The monoisotopic (exact) mass is 302 g/mol. The Balaban J connectivity index is 2.08. The summed E-state index contributed by atoms with van der Waals surface area (Å²) in [5.41, 5.74) is 2.26. The molecule has 0 amide bonds. The van der Waals surface area contributed by atoms with Crippen LogP contribution < -0.4 is 5.32 Å². The maximum atomic E-state index is 4.49. The second-order valence-electron chi connectivity index (χ2n) is 6.06.